The van der Waals surface area contributed by atoms with Crippen molar-refractivity contribution in [2.45, 2.75) is 26.7 Å². The molecule has 2 N–H and O–H groups in total. The van der Waals surface area contributed by atoms with Gasteiger partial charge in [0.25, 0.3) is 11.8 Å². The standard InChI is InChI=1S/C33H30N4O4/c1-3-4-19-40-26-17-13-24(14-18-26)30-21-28(27-8-5-6-9-29(27)35-30)32(38)37-36-22(2)23-11-15-25(16-12-23)34-33(39)31-10-7-20-41-31/h5-18,20-21H,3-4,19H2,1-2H3,(H,34,39)(H,37,38). The number of hydrogen-bond donors (Lipinski definition) is 2. The van der Waals surface area contributed by atoms with Gasteiger partial charge in [-0.05, 0) is 79.6 Å². The maximum Gasteiger partial charge on any atom is 0.291 e. The number of fused-ring (bicyclic) bond motifs is 1. The number of aromatic nitrogens is 1. The van der Waals surface area contributed by atoms with Crippen molar-refractivity contribution in [3.8, 4) is 17.0 Å². The van der Waals surface area contributed by atoms with E-state index in [0.29, 0.717) is 34.8 Å². The van der Waals surface area contributed by atoms with Gasteiger partial charge in [0, 0.05) is 16.6 Å². The minimum absolute atomic E-state index is 0.231. The lowest BCUT2D eigenvalue weighted by atomic mass is 10.0. The van der Waals surface area contributed by atoms with Crippen LogP contribution in [0.1, 0.15) is 53.2 Å². The molecule has 2 amide bonds. The molecule has 0 aliphatic heterocycles. The molecular formula is C33H30N4O4. The summed E-state index contributed by atoms with van der Waals surface area (Å²) in [5, 5.41) is 7.85. The highest BCUT2D eigenvalue weighted by Gasteiger charge is 2.14. The van der Waals surface area contributed by atoms with Gasteiger partial charge in [-0.1, -0.05) is 43.7 Å². The molecule has 0 saturated carbocycles. The van der Waals surface area contributed by atoms with Crippen molar-refractivity contribution in [3.05, 3.63) is 114 Å². The van der Waals surface area contributed by atoms with Gasteiger partial charge in [-0.25, -0.2) is 10.4 Å². The maximum atomic E-state index is 13.3. The number of anilines is 1. The summed E-state index contributed by atoms with van der Waals surface area (Å²) >= 11 is 0. The van der Waals surface area contributed by atoms with Crippen molar-refractivity contribution in [1.29, 1.82) is 0 Å². The Labute approximate surface area is 238 Å². The first-order valence-corrected chi connectivity index (χ1v) is 13.4. The monoisotopic (exact) mass is 546 g/mol. The van der Waals surface area contributed by atoms with Gasteiger partial charge in [0.2, 0.25) is 0 Å². The molecule has 0 atom stereocenters. The number of unbranched alkanes of at least 4 members (excludes halogenated alkanes) is 1. The summed E-state index contributed by atoms with van der Waals surface area (Å²) in [6, 6.07) is 27.5. The lowest BCUT2D eigenvalue weighted by molar-refractivity contribution is 0.0955. The molecule has 5 rings (SSSR count). The summed E-state index contributed by atoms with van der Waals surface area (Å²) in [6.07, 6.45) is 3.53. The molecule has 0 unspecified atom stereocenters. The van der Waals surface area contributed by atoms with E-state index < -0.39 is 0 Å². The second-order valence-electron chi connectivity index (χ2n) is 9.45. The maximum absolute atomic E-state index is 13.3. The number of carbonyl (C=O) groups excluding carboxylic acids is 2. The fraction of sp³-hybridized carbons (Fsp3) is 0.152. The van der Waals surface area contributed by atoms with Crippen LogP contribution in [0.15, 0.2) is 107 Å². The van der Waals surface area contributed by atoms with Crippen molar-refractivity contribution in [2.24, 2.45) is 5.10 Å². The highest BCUT2D eigenvalue weighted by molar-refractivity contribution is 6.08. The largest absolute Gasteiger partial charge is 0.494 e. The SMILES string of the molecule is CCCCOc1ccc(-c2cc(C(=O)NN=C(C)c3ccc(NC(=O)c4ccco4)cc3)c3ccccc3n2)cc1. The molecule has 8 nitrogen and oxygen atoms in total. The molecule has 0 bridgehead atoms. The molecule has 0 saturated heterocycles. The molecular weight excluding hydrogens is 516 g/mol. The zero-order valence-electron chi connectivity index (χ0n) is 22.9. The third kappa shape index (κ3) is 6.67. The third-order valence-corrected chi connectivity index (χ3v) is 6.51. The quantitative estimate of drug-likeness (QED) is 0.111. The molecule has 0 aliphatic carbocycles. The number of hydrazone groups is 1. The van der Waals surface area contributed by atoms with Crippen LogP contribution in [0.2, 0.25) is 0 Å². The fourth-order valence-electron chi connectivity index (χ4n) is 4.22. The van der Waals surface area contributed by atoms with E-state index in [4.69, 9.17) is 14.1 Å². The van der Waals surface area contributed by atoms with E-state index in [1.807, 2.05) is 60.7 Å². The Morgan fingerprint density at radius 1 is 0.927 bits per heavy atom. The van der Waals surface area contributed by atoms with E-state index in [0.717, 1.165) is 35.1 Å². The summed E-state index contributed by atoms with van der Waals surface area (Å²) < 4.78 is 10.9. The van der Waals surface area contributed by atoms with Crippen LogP contribution in [0.4, 0.5) is 5.69 Å². The number of rotatable bonds is 10. The van der Waals surface area contributed by atoms with Gasteiger partial charge in [-0.15, -0.1) is 0 Å². The van der Waals surface area contributed by atoms with E-state index in [2.05, 4.69) is 22.8 Å². The number of carbonyl (C=O) groups is 2. The van der Waals surface area contributed by atoms with Crippen molar-refractivity contribution >= 4 is 34.1 Å². The van der Waals surface area contributed by atoms with E-state index in [1.165, 1.54) is 6.26 Å². The summed E-state index contributed by atoms with van der Waals surface area (Å²) in [5.41, 5.74) is 7.46. The number of nitrogens with zero attached hydrogens (tertiary/aromatic N) is 2. The highest BCUT2D eigenvalue weighted by atomic mass is 16.5. The molecule has 41 heavy (non-hydrogen) atoms. The summed E-state index contributed by atoms with van der Waals surface area (Å²) in [5.74, 6) is 0.361. The molecule has 0 spiro atoms. The zero-order valence-corrected chi connectivity index (χ0v) is 22.9. The van der Waals surface area contributed by atoms with Crippen LogP contribution in [0.3, 0.4) is 0 Å². The molecule has 206 valence electrons. The van der Waals surface area contributed by atoms with Crippen LogP contribution in [0.25, 0.3) is 22.2 Å². The Hall–Kier alpha value is -5.24. The predicted molar refractivity (Wildman–Crippen MR) is 160 cm³/mol. The number of furan rings is 1. The normalized spacial score (nSPS) is 11.3. The van der Waals surface area contributed by atoms with Crippen LogP contribution in [0.5, 0.6) is 5.75 Å². The zero-order chi connectivity index (χ0) is 28.6. The summed E-state index contributed by atoms with van der Waals surface area (Å²) in [7, 11) is 0. The minimum Gasteiger partial charge on any atom is -0.494 e. The van der Waals surface area contributed by atoms with Gasteiger partial charge in [0.05, 0.1) is 35.4 Å². The minimum atomic E-state index is -0.342. The molecule has 8 heteroatoms. The van der Waals surface area contributed by atoms with Crippen molar-refractivity contribution in [1.82, 2.24) is 10.4 Å². The molecule has 0 fully saturated rings. The van der Waals surface area contributed by atoms with Crippen LogP contribution in [-0.4, -0.2) is 29.1 Å². The molecule has 3 aromatic carbocycles. The van der Waals surface area contributed by atoms with E-state index in [1.54, 1.807) is 37.3 Å². The first-order chi connectivity index (χ1) is 20.0. The lowest BCUT2D eigenvalue weighted by Gasteiger charge is -2.11. The van der Waals surface area contributed by atoms with Gasteiger partial charge in [-0.2, -0.15) is 5.10 Å². The highest BCUT2D eigenvalue weighted by Crippen LogP contribution is 2.26. The lowest BCUT2D eigenvalue weighted by Crippen LogP contribution is -2.20. The van der Waals surface area contributed by atoms with Gasteiger partial charge in [0.1, 0.15) is 5.75 Å². The molecule has 2 aromatic heterocycles. The van der Waals surface area contributed by atoms with Gasteiger partial charge < -0.3 is 14.5 Å². The number of benzene rings is 3. The van der Waals surface area contributed by atoms with E-state index >= 15 is 0 Å². The predicted octanol–water partition coefficient (Wildman–Crippen LogP) is 7.08. The Kier molecular flexibility index (Phi) is 8.49. The second-order valence-corrected chi connectivity index (χ2v) is 9.45. The molecule has 0 aliphatic rings. The molecule has 5 aromatic rings. The van der Waals surface area contributed by atoms with Crippen LogP contribution in [-0.2, 0) is 0 Å². The first kappa shape index (κ1) is 27.3. The number of ether oxygens (including phenoxy) is 1. The number of pyridine rings is 1. The average Bonchev–Trinajstić information content (AvgIpc) is 3.56. The first-order valence-electron chi connectivity index (χ1n) is 13.4. The van der Waals surface area contributed by atoms with Gasteiger partial charge in [0.15, 0.2) is 5.76 Å². The number of nitrogens with one attached hydrogen (secondary N) is 2. The Morgan fingerprint density at radius 3 is 2.44 bits per heavy atom. The second kappa shape index (κ2) is 12.7. The average molecular weight is 547 g/mol. The molecule has 2 heterocycles. The Morgan fingerprint density at radius 2 is 1.71 bits per heavy atom. The third-order valence-electron chi connectivity index (χ3n) is 6.51. The Balaban J connectivity index is 1.32. The van der Waals surface area contributed by atoms with E-state index in [9.17, 15) is 9.59 Å². The molecule has 0 radical (unpaired) electrons. The van der Waals surface area contributed by atoms with Crippen molar-refractivity contribution < 1.29 is 18.7 Å². The fourth-order valence-corrected chi connectivity index (χ4v) is 4.22. The van der Waals surface area contributed by atoms with Crippen molar-refractivity contribution in [2.75, 3.05) is 11.9 Å². The van der Waals surface area contributed by atoms with Crippen LogP contribution in [0, 0.1) is 0 Å². The van der Waals surface area contributed by atoms with Gasteiger partial charge >= 0.3 is 0 Å². The summed E-state index contributed by atoms with van der Waals surface area (Å²) in [6.45, 7) is 4.61. The number of hydrogen-bond acceptors (Lipinski definition) is 6. The number of para-hydroxylation sites is 1. The van der Waals surface area contributed by atoms with Crippen LogP contribution < -0.4 is 15.5 Å². The Bertz CT molecular complexity index is 1680. The summed E-state index contributed by atoms with van der Waals surface area (Å²) in [4.78, 5) is 30.3. The number of amides is 2. The van der Waals surface area contributed by atoms with E-state index in [-0.39, 0.29) is 17.6 Å². The smallest absolute Gasteiger partial charge is 0.291 e. The van der Waals surface area contributed by atoms with Crippen molar-refractivity contribution in [3.63, 3.8) is 0 Å². The van der Waals surface area contributed by atoms with Gasteiger partial charge in [-0.3, -0.25) is 9.59 Å². The topological polar surface area (TPSA) is 106 Å². The van der Waals surface area contributed by atoms with Crippen LogP contribution >= 0.6 is 0 Å².